The number of thioether (sulfide) groups is 1. The van der Waals surface area contributed by atoms with Crippen molar-refractivity contribution in [2.75, 3.05) is 0 Å². The molecule has 26 heavy (non-hydrogen) atoms. The highest BCUT2D eigenvalue weighted by Gasteiger charge is 2.20. The Morgan fingerprint density at radius 3 is 2.85 bits per heavy atom. The molecule has 0 amide bonds. The Kier molecular flexibility index (Phi) is 4.98. The molecule has 3 heterocycles. The number of carbonyl (C=O) groups excluding carboxylic acids is 1. The number of rotatable bonds is 4. The fraction of sp³-hybridized carbons (Fsp3) is 0.353. The van der Waals surface area contributed by atoms with E-state index in [2.05, 4.69) is 26.0 Å². The predicted molar refractivity (Wildman–Crippen MR) is 100 cm³/mol. The molecular weight excluding hydrogens is 370 g/mol. The van der Waals surface area contributed by atoms with Crippen LogP contribution in [0.5, 0.6) is 0 Å². The van der Waals surface area contributed by atoms with Gasteiger partial charge in [0.1, 0.15) is 27.2 Å². The molecule has 0 aliphatic rings. The lowest BCUT2D eigenvalue weighted by atomic mass is 10.2. The van der Waals surface area contributed by atoms with Crippen LogP contribution in [0, 0.1) is 18.3 Å². The molecule has 3 aromatic rings. The number of aromatic amines is 1. The van der Waals surface area contributed by atoms with Gasteiger partial charge in [0.25, 0.3) is 0 Å². The molecule has 0 aromatic carbocycles. The van der Waals surface area contributed by atoms with Crippen molar-refractivity contribution in [2.45, 2.75) is 44.2 Å². The minimum Gasteiger partial charge on any atom is -0.456 e. The van der Waals surface area contributed by atoms with E-state index in [0.29, 0.717) is 21.5 Å². The van der Waals surface area contributed by atoms with Gasteiger partial charge in [0.2, 0.25) is 0 Å². The van der Waals surface area contributed by atoms with Gasteiger partial charge in [-0.3, -0.25) is 0 Å². The largest absolute Gasteiger partial charge is 0.456 e. The Morgan fingerprint density at radius 2 is 2.15 bits per heavy atom. The van der Waals surface area contributed by atoms with Gasteiger partial charge in [-0.05, 0) is 27.7 Å². The number of hydrogen-bond donors (Lipinski definition) is 1. The van der Waals surface area contributed by atoms with Crippen LogP contribution in [0.25, 0.3) is 11.0 Å². The van der Waals surface area contributed by atoms with Crippen molar-refractivity contribution < 1.29 is 9.53 Å². The van der Waals surface area contributed by atoms with Crippen LogP contribution >= 0.6 is 23.1 Å². The van der Waals surface area contributed by atoms with Crippen LogP contribution in [0.2, 0.25) is 0 Å². The van der Waals surface area contributed by atoms with E-state index in [4.69, 9.17) is 10.00 Å². The molecule has 0 saturated carbocycles. The lowest BCUT2D eigenvalue weighted by Crippen LogP contribution is -2.23. The number of esters is 1. The van der Waals surface area contributed by atoms with Crippen LogP contribution in [-0.2, 0) is 10.5 Å². The first-order valence-corrected chi connectivity index (χ1v) is 9.63. The number of thiazole rings is 1. The van der Waals surface area contributed by atoms with Gasteiger partial charge >= 0.3 is 5.97 Å². The maximum Gasteiger partial charge on any atom is 0.350 e. The van der Waals surface area contributed by atoms with Crippen LogP contribution < -0.4 is 0 Å². The van der Waals surface area contributed by atoms with Crippen molar-refractivity contribution in [3.05, 3.63) is 33.5 Å². The SMILES string of the molecule is Cc1c(C#N)ncc2[nH]c(SCc3ncc(C(=O)OC(C)(C)C)s3)nc12. The molecule has 0 spiro atoms. The highest BCUT2D eigenvalue weighted by Crippen LogP contribution is 2.27. The summed E-state index contributed by atoms with van der Waals surface area (Å²) in [6.45, 7) is 7.33. The molecule has 0 fully saturated rings. The highest BCUT2D eigenvalue weighted by molar-refractivity contribution is 7.98. The third-order valence-electron chi connectivity index (χ3n) is 3.34. The summed E-state index contributed by atoms with van der Waals surface area (Å²) in [5, 5.41) is 10.6. The van der Waals surface area contributed by atoms with E-state index in [1.807, 2.05) is 27.7 Å². The minimum absolute atomic E-state index is 0.360. The zero-order valence-corrected chi connectivity index (χ0v) is 16.4. The Bertz CT molecular complexity index is 1010. The second-order valence-corrected chi connectivity index (χ2v) is 8.64. The maximum atomic E-state index is 12.1. The molecular formula is C17H17N5O2S2. The zero-order chi connectivity index (χ0) is 18.9. The van der Waals surface area contributed by atoms with Crippen molar-refractivity contribution in [3.8, 4) is 6.07 Å². The Hall–Kier alpha value is -2.44. The van der Waals surface area contributed by atoms with E-state index >= 15 is 0 Å². The summed E-state index contributed by atoms with van der Waals surface area (Å²) in [5.41, 5.74) is 2.14. The van der Waals surface area contributed by atoms with Crippen LogP contribution in [0.4, 0.5) is 0 Å². The monoisotopic (exact) mass is 387 g/mol. The number of aromatic nitrogens is 4. The maximum absolute atomic E-state index is 12.1. The fourth-order valence-electron chi connectivity index (χ4n) is 2.19. The number of H-pyrrole nitrogens is 1. The van der Waals surface area contributed by atoms with Crippen molar-refractivity contribution in [2.24, 2.45) is 0 Å². The number of nitrogens with zero attached hydrogens (tertiary/aromatic N) is 4. The van der Waals surface area contributed by atoms with Gasteiger partial charge in [0.15, 0.2) is 5.16 Å². The second-order valence-electron chi connectivity index (χ2n) is 6.56. The number of nitriles is 1. The van der Waals surface area contributed by atoms with Gasteiger partial charge < -0.3 is 9.72 Å². The van der Waals surface area contributed by atoms with Crippen LogP contribution in [0.15, 0.2) is 17.6 Å². The Balaban J connectivity index is 1.70. The van der Waals surface area contributed by atoms with E-state index < -0.39 is 5.60 Å². The lowest BCUT2D eigenvalue weighted by Gasteiger charge is -2.18. The predicted octanol–water partition coefficient (Wildman–Crippen LogP) is 3.84. The van der Waals surface area contributed by atoms with Gasteiger partial charge in [0, 0.05) is 5.56 Å². The van der Waals surface area contributed by atoms with E-state index in [0.717, 1.165) is 21.6 Å². The summed E-state index contributed by atoms with van der Waals surface area (Å²) in [7, 11) is 0. The topological polar surface area (TPSA) is 105 Å². The number of imidazole rings is 1. The molecule has 0 unspecified atom stereocenters. The minimum atomic E-state index is -0.529. The number of carbonyl (C=O) groups is 1. The van der Waals surface area contributed by atoms with E-state index in [-0.39, 0.29) is 5.97 Å². The quantitative estimate of drug-likeness (QED) is 0.535. The van der Waals surface area contributed by atoms with Gasteiger partial charge in [-0.25, -0.2) is 19.7 Å². The highest BCUT2D eigenvalue weighted by atomic mass is 32.2. The molecule has 0 atom stereocenters. The number of pyridine rings is 1. The summed E-state index contributed by atoms with van der Waals surface area (Å²) in [4.78, 5) is 28.6. The van der Waals surface area contributed by atoms with Gasteiger partial charge in [-0.15, -0.1) is 11.3 Å². The first-order chi connectivity index (χ1) is 12.3. The summed E-state index contributed by atoms with van der Waals surface area (Å²) in [6.07, 6.45) is 3.16. The van der Waals surface area contributed by atoms with E-state index in [1.165, 1.54) is 23.1 Å². The summed E-state index contributed by atoms with van der Waals surface area (Å²) >= 11 is 2.79. The van der Waals surface area contributed by atoms with Gasteiger partial charge in [0.05, 0.1) is 29.2 Å². The van der Waals surface area contributed by atoms with Crippen LogP contribution in [0.3, 0.4) is 0 Å². The molecule has 1 N–H and O–H groups in total. The smallest absolute Gasteiger partial charge is 0.350 e. The normalized spacial score (nSPS) is 11.5. The number of hydrogen-bond acceptors (Lipinski definition) is 8. The van der Waals surface area contributed by atoms with Crippen molar-refractivity contribution in [1.29, 1.82) is 5.26 Å². The van der Waals surface area contributed by atoms with E-state index in [9.17, 15) is 4.79 Å². The standard InChI is InChI=1S/C17H17N5O2S2/c1-9-10(5-18)19-6-11-14(9)22-16(21-11)25-8-13-20-7-12(26-13)15(23)24-17(2,3)4/h6-7H,8H2,1-4H3,(H,21,22). The molecule has 0 radical (unpaired) electrons. The molecule has 0 bridgehead atoms. The molecule has 0 aliphatic heterocycles. The first kappa shape index (κ1) is 18.4. The van der Waals surface area contributed by atoms with E-state index in [1.54, 1.807) is 12.4 Å². The van der Waals surface area contributed by atoms with Crippen molar-refractivity contribution in [1.82, 2.24) is 19.9 Å². The fourth-order valence-corrected chi connectivity index (χ4v) is 3.87. The first-order valence-electron chi connectivity index (χ1n) is 7.83. The molecule has 0 aliphatic carbocycles. The lowest BCUT2D eigenvalue weighted by molar-refractivity contribution is 0.00749. The van der Waals surface area contributed by atoms with Gasteiger partial charge in [-0.1, -0.05) is 11.8 Å². The Morgan fingerprint density at radius 1 is 1.38 bits per heavy atom. The third kappa shape index (κ3) is 4.03. The molecule has 3 aromatic heterocycles. The van der Waals surface area contributed by atoms with Gasteiger partial charge in [-0.2, -0.15) is 5.26 Å². The summed E-state index contributed by atoms with van der Waals surface area (Å²) in [5.74, 6) is 0.214. The second kappa shape index (κ2) is 7.05. The molecule has 134 valence electrons. The average Bonchev–Trinajstić information content (AvgIpc) is 3.19. The molecule has 9 heteroatoms. The summed E-state index contributed by atoms with van der Waals surface area (Å²) < 4.78 is 5.35. The van der Waals surface area contributed by atoms with Crippen LogP contribution in [0.1, 0.15) is 46.7 Å². The molecule has 7 nitrogen and oxygen atoms in total. The summed E-state index contributed by atoms with van der Waals surface area (Å²) in [6, 6.07) is 2.06. The van der Waals surface area contributed by atoms with Crippen LogP contribution in [-0.4, -0.2) is 31.5 Å². The number of fused-ring (bicyclic) bond motifs is 1. The Labute approximate surface area is 158 Å². The zero-order valence-electron chi connectivity index (χ0n) is 14.8. The van der Waals surface area contributed by atoms with Crippen molar-refractivity contribution in [3.63, 3.8) is 0 Å². The number of aryl methyl sites for hydroxylation is 1. The van der Waals surface area contributed by atoms with Crippen molar-refractivity contribution >= 4 is 40.1 Å². The average molecular weight is 387 g/mol. The molecule has 3 rings (SSSR count). The number of nitrogens with one attached hydrogen (secondary N) is 1. The third-order valence-corrected chi connectivity index (χ3v) is 5.38. The number of ether oxygens (including phenoxy) is 1. The molecule has 0 saturated heterocycles.